The van der Waals surface area contributed by atoms with Crippen molar-refractivity contribution in [3.8, 4) is 0 Å². The summed E-state index contributed by atoms with van der Waals surface area (Å²) in [7, 11) is -1.40. The molecule has 4 aromatic rings. The van der Waals surface area contributed by atoms with Crippen LogP contribution >= 0.6 is 23.4 Å². The minimum atomic E-state index is -1.40. The minimum Gasteiger partial charge on any atom is -0.382 e. The van der Waals surface area contributed by atoms with Crippen LogP contribution in [0.15, 0.2) is 58.8 Å². The summed E-state index contributed by atoms with van der Waals surface area (Å²) in [5, 5.41) is 14.9. The van der Waals surface area contributed by atoms with Gasteiger partial charge >= 0.3 is 0 Å². The second-order valence-electron chi connectivity index (χ2n) is 11.1. The van der Waals surface area contributed by atoms with Crippen molar-refractivity contribution in [2.24, 2.45) is 10.6 Å². The average molecular weight is 583 g/mol. The number of anilines is 2. The summed E-state index contributed by atoms with van der Waals surface area (Å²) < 4.78 is 13.9. The third-order valence-corrected chi connectivity index (χ3v) is 11.2. The van der Waals surface area contributed by atoms with E-state index in [1.54, 1.807) is 12.5 Å². The molecule has 0 amide bonds. The Balaban J connectivity index is 1.26. The Bertz CT molecular complexity index is 1570. The second kappa shape index (κ2) is 10.0. The number of rotatable bonds is 6. The van der Waals surface area contributed by atoms with Gasteiger partial charge in [-0.3, -0.25) is 5.14 Å². The van der Waals surface area contributed by atoms with Gasteiger partial charge in [0.2, 0.25) is 5.95 Å². The zero-order chi connectivity index (χ0) is 27.4. The van der Waals surface area contributed by atoms with E-state index in [0.717, 1.165) is 60.2 Å². The SMILES string of the molecule is CC(C)(C[C@H]1c2ccccc2CC12CCN(c1ncc(Sc3ccnc(N)c3Cl)c3nncn13)CC2)S(N)=O. The molecular weight excluding hydrogens is 552 g/mol. The molecule has 1 aliphatic carbocycles. The molecule has 1 unspecified atom stereocenters. The van der Waals surface area contributed by atoms with Gasteiger partial charge in [-0.25, -0.2) is 18.6 Å². The van der Waals surface area contributed by atoms with Gasteiger partial charge < -0.3 is 10.6 Å². The number of nitrogen functional groups attached to an aromatic ring is 1. The molecule has 1 saturated heterocycles. The fraction of sp³-hybridized carbons (Fsp3) is 0.407. The number of halogens is 1. The van der Waals surface area contributed by atoms with E-state index in [4.69, 9.17) is 27.5 Å². The Labute approximate surface area is 239 Å². The molecule has 0 radical (unpaired) electrons. The van der Waals surface area contributed by atoms with E-state index in [1.807, 2.05) is 30.5 Å². The number of benzene rings is 1. The highest BCUT2D eigenvalue weighted by Gasteiger charge is 2.49. The molecule has 1 aromatic carbocycles. The Morgan fingerprint density at radius 2 is 1.95 bits per heavy atom. The van der Waals surface area contributed by atoms with Gasteiger partial charge in [-0.2, -0.15) is 0 Å². The number of nitrogens with two attached hydrogens (primary N) is 2. The predicted octanol–water partition coefficient (Wildman–Crippen LogP) is 4.62. The molecule has 204 valence electrons. The lowest BCUT2D eigenvalue weighted by Gasteiger charge is -2.45. The van der Waals surface area contributed by atoms with E-state index in [0.29, 0.717) is 16.8 Å². The van der Waals surface area contributed by atoms with E-state index in [2.05, 4.69) is 44.3 Å². The van der Waals surface area contributed by atoms with Gasteiger partial charge in [-0.05, 0) is 68.1 Å². The zero-order valence-corrected chi connectivity index (χ0v) is 24.3. The summed E-state index contributed by atoms with van der Waals surface area (Å²) >= 11 is 7.82. The van der Waals surface area contributed by atoms with Crippen LogP contribution in [-0.4, -0.2) is 46.6 Å². The van der Waals surface area contributed by atoms with Crippen LogP contribution in [0.5, 0.6) is 0 Å². The van der Waals surface area contributed by atoms with Crippen LogP contribution in [-0.2, 0) is 17.4 Å². The van der Waals surface area contributed by atoms with Gasteiger partial charge in [0.15, 0.2) is 5.65 Å². The van der Waals surface area contributed by atoms with Crippen molar-refractivity contribution in [2.45, 2.75) is 60.0 Å². The second-order valence-corrected chi connectivity index (χ2v) is 14.3. The lowest BCUT2D eigenvalue weighted by Crippen LogP contribution is -2.45. The molecule has 39 heavy (non-hydrogen) atoms. The maximum atomic E-state index is 12.4. The van der Waals surface area contributed by atoms with Crippen molar-refractivity contribution in [2.75, 3.05) is 23.7 Å². The summed E-state index contributed by atoms with van der Waals surface area (Å²) in [6.07, 6.45) is 9.03. The zero-order valence-electron chi connectivity index (χ0n) is 21.9. The summed E-state index contributed by atoms with van der Waals surface area (Å²) in [6, 6.07) is 10.6. The van der Waals surface area contributed by atoms with Crippen LogP contribution in [0.25, 0.3) is 5.65 Å². The molecule has 4 N–H and O–H groups in total. The van der Waals surface area contributed by atoms with Crippen LogP contribution in [0, 0.1) is 5.41 Å². The lowest BCUT2D eigenvalue weighted by atomic mass is 9.67. The van der Waals surface area contributed by atoms with Crippen LogP contribution < -0.4 is 15.8 Å². The van der Waals surface area contributed by atoms with Crippen LogP contribution in [0.1, 0.15) is 50.2 Å². The summed E-state index contributed by atoms with van der Waals surface area (Å²) in [5.74, 6) is 1.43. The summed E-state index contributed by atoms with van der Waals surface area (Å²) in [5.41, 5.74) is 9.51. The van der Waals surface area contributed by atoms with Gasteiger partial charge in [-0.1, -0.05) is 47.6 Å². The molecule has 9 nitrogen and oxygen atoms in total. The monoisotopic (exact) mass is 582 g/mol. The molecule has 4 heterocycles. The first kappa shape index (κ1) is 26.5. The van der Waals surface area contributed by atoms with E-state index in [9.17, 15) is 4.21 Å². The largest absolute Gasteiger partial charge is 0.382 e. The van der Waals surface area contributed by atoms with E-state index in [-0.39, 0.29) is 5.41 Å². The predicted molar refractivity (Wildman–Crippen MR) is 156 cm³/mol. The van der Waals surface area contributed by atoms with Crippen LogP contribution in [0.3, 0.4) is 0 Å². The van der Waals surface area contributed by atoms with Gasteiger partial charge in [0.05, 0.1) is 25.7 Å². The highest BCUT2D eigenvalue weighted by Crippen LogP contribution is 2.56. The quantitative estimate of drug-likeness (QED) is 0.337. The maximum Gasteiger partial charge on any atom is 0.212 e. The van der Waals surface area contributed by atoms with Gasteiger partial charge in [0.25, 0.3) is 0 Å². The first-order valence-electron chi connectivity index (χ1n) is 12.9. The fourth-order valence-corrected chi connectivity index (χ4v) is 7.63. The van der Waals surface area contributed by atoms with Crippen molar-refractivity contribution in [3.05, 3.63) is 65.2 Å². The molecule has 0 saturated carbocycles. The van der Waals surface area contributed by atoms with Gasteiger partial charge in [0, 0.05) is 30.4 Å². The topological polar surface area (TPSA) is 128 Å². The molecule has 1 spiro atoms. The highest BCUT2D eigenvalue weighted by molar-refractivity contribution is 7.99. The molecule has 6 rings (SSSR count). The third kappa shape index (κ3) is 4.69. The smallest absolute Gasteiger partial charge is 0.212 e. The van der Waals surface area contributed by atoms with Crippen molar-refractivity contribution in [1.29, 1.82) is 0 Å². The van der Waals surface area contributed by atoms with Gasteiger partial charge in [0.1, 0.15) is 12.1 Å². The number of hydrogen-bond acceptors (Lipinski definition) is 8. The number of hydrogen-bond donors (Lipinski definition) is 2. The van der Waals surface area contributed by atoms with Crippen LogP contribution in [0.4, 0.5) is 11.8 Å². The highest BCUT2D eigenvalue weighted by atomic mass is 35.5. The standard InChI is InChI=1S/C27H31ClN8OS2/c1-26(2,39(30)37)14-19-18-6-4-3-5-17(18)13-27(19)8-11-35(12-9-27)25-32-15-21(24-34-33-16-36(24)25)38-20-7-10-31-23(29)22(20)28/h3-7,10,15-16,19H,8-9,11-14,30H2,1-2H3,(H2,29,31)/t19-,39?/m0/s1. The van der Waals surface area contributed by atoms with Crippen molar-refractivity contribution in [1.82, 2.24) is 24.6 Å². The maximum absolute atomic E-state index is 12.4. The van der Waals surface area contributed by atoms with Crippen LogP contribution in [0.2, 0.25) is 5.02 Å². The van der Waals surface area contributed by atoms with E-state index < -0.39 is 15.7 Å². The number of piperidine rings is 1. The first-order valence-corrected chi connectivity index (χ1v) is 15.3. The molecule has 3 aromatic heterocycles. The fourth-order valence-electron chi connectivity index (χ4n) is 6.18. The minimum absolute atomic E-state index is 0.108. The molecule has 1 fully saturated rings. The Hall–Kier alpha value is -2.73. The number of fused-ring (bicyclic) bond motifs is 2. The Kier molecular flexibility index (Phi) is 6.81. The average Bonchev–Trinajstić information content (AvgIpc) is 3.52. The number of nitrogens with zero attached hydrogens (tertiary/aromatic N) is 6. The Morgan fingerprint density at radius 3 is 2.72 bits per heavy atom. The van der Waals surface area contributed by atoms with Crippen molar-refractivity contribution < 1.29 is 4.21 Å². The summed E-state index contributed by atoms with van der Waals surface area (Å²) in [4.78, 5) is 12.8. The molecule has 1 aliphatic heterocycles. The lowest BCUT2D eigenvalue weighted by molar-refractivity contribution is 0.170. The number of aromatic nitrogens is 5. The number of pyridine rings is 1. The van der Waals surface area contributed by atoms with E-state index >= 15 is 0 Å². The molecule has 12 heteroatoms. The third-order valence-electron chi connectivity index (χ3n) is 8.38. The molecule has 0 bridgehead atoms. The normalized spacial score (nSPS) is 19.5. The Morgan fingerprint density at radius 1 is 1.18 bits per heavy atom. The molecule has 2 aliphatic rings. The first-order chi connectivity index (χ1) is 18.7. The molecular formula is C27H31ClN8OS2. The van der Waals surface area contributed by atoms with Gasteiger partial charge in [-0.15, -0.1) is 10.2 Å². The molecule has 2 atom stereocenters. The van der Waals surface area contributed by atoms with E-state index in [1.165, 1.54) is 22.9 Å². The van der Waals surface area contributed by atoms with Crippen molar-refractivity contribution in [3.63, 3.8) is 0 Å². The summed E-state index contributed by atoms with van der Waals surface area (Å²) in [6.45, 7) is 5.76. The van der Waals surface area contributed by atoms with Crippen molar-refractivity contribution >= 4 is 51.8 Å².